The highest BCUT2D eigenvalue weighted by Gasteiger charge is 2.34. The average Bonchev–Trinajstić information content (AvgIpc) is 3.53. The number of H-pyrrole nitrogens is 1. The van der Waals surface area contributed by atoms with Crippen molar-refractivity contribution in [3.8, 4) is 0 Å². The minimum absolute atomic E-state index is 0.0409. The van der Waals surface area contributed by atoms with Crippen LogP contribution in [0.15, 0.2) is 108 Å². The van der Waals surface area contributed by atoms with Gasteiger partial charge in [-0.2, -0.15) is 0 Å². The molecule has 7 rings (SSSR count). The lowest BCUT2D eigenvalue weighted by atomic mass is 9.98. The molecule has 4 atom stereocenters. The molecule has 12 nitrogen and oxygen atoms in total. The summed E-state index contributed by atoms with van der Waals surface area (Å²) in [6, 6.07) is 31.0. The van der Waals surface area contributed by atoms with E-state index in [4.69, 9.17) is 14.2 Å². The van der Waals surface area contributed by atoms with Gasteiger partial charge in [0.25, 0.3) is 0 Å². The summed E-state index contributed by atoms with van der Waals surface area (Å²) in [6.45, 7) is 2.30. The number of piperidine rings is 1. The lowest BCUT2D eigenvalue weighted by Gasteiger charge is -2.40. The van der Waals surface area contributed by atoms with Crippen molar-refractivity contribution in [1.29, 1.82) is 0 Å². The Bertz CT molecular complexity index is 2060. The van der Waals surface area contributed by atoms with Gasteiger partial charge in [0, 0.05) is 49.8 Å². The Balaban J connectivity index is 1.04. The zero-order chi connectivity index (χ0) is 36.7. The third kappa shape index (κ3) is 8.69. The number of aromatic nitrogens is 2. The van der Waals surface area contributed by atoms with Crippen LogP contribution in [0.25, 0.3) is 11.0 Å². The van der Waals surface area contributed by atoms with Crippen LogP contribution in [0.4, 0.5) is 10.5 Å². The van der Waals surface area contributed by atoms with Gasteiger partial charge in [-0.05, 0) is 53.8 Å². The molecular formula is C41H45N5O7. The first-order valence-electron chi connectivity index (χ1n) is 18.1. The number of methoxy groups -OCH3 is 1. The quantitative estimate of drug-likeness (QED) is 0.129. The number of benzene rings is 4. The minimum atomic E-state index is -0.872. The van der Waals surface area contributed by atoms with Gasteiger partial charge in [0.05, 0.1) is 37.0 Å². The van der Waals surface area contributed by atoms with Crippen molar-refractivity contribution in [2.75, 3.05) is 32.1 Å². The second-order valence-corrected chi connectivity index (χ2v) is 13.7. The predicted molar refractivity (Wildman–Crippen MR) is 200 cm³/mol. The molecule has 0 bridgehead atoms. The predicted octanol–water partition coefficient (Wildman–Crippen LogP) is 5.61. The zero-order valence-electron chi connectivity index (χ0n) is 29.6. The SMILES string of the molecule is COC(=O)[C@H](Cc1ccccc1)NC(=O)Nc1cccc([C@H]2O[C@@H](CN3CCC(n4c(=O)[nH]c5ccccc54)CC3)C[C@@H](c3ccc(CO)cc3)O2)c1. The number of hydrogen-bond acceptors (Lipinski definition) is 8. The fourth-order valence-electron chi connectivity index (χ4n) is 7.39. The van der Waals surface area contributed by atoms with Crippen LogP contribution in [0.3, 0.4) is 0 Å². The first kappa shape index (κ1) is 36.1. The van der Waals surface area contributed by atoms with Gasteiger partial charge in [0.1, 0.15) is 6.04 Å². The molecule has 2 aliphatic heterocycles. The summed E-state index contributed by atoms with van der Waals surface area (Å²) >= 11 is 0. The van der Waals surface area contributed by atoms with E-state index in [0.717, 1.165) is 59.2 Å². The summed E-state index contributed by atoms with van der Waals surface area (Å²) in [4.78, 5) is 43.9. The molecular weight excluding hydrogens is 674 g/mol. The van der Waals surface area contributed by atoms with Crippen LogP contribution in [0.5, 0.6) is 0 Å². The fraction of sp³-hybridized carbons (Fsp3) is 0.341. The number of likely N-dealkylation sites (tertiary alicyclic amines) is 1. The molecule has 0 unspecified atom stereocenters. The van der Waals surface area contributed by atoms with Gasteiger partial charge < -0.3 is 39.8 Å². The third-order valence-corrected chi connectivity index (χ3v) is 10.1. The Labute approximate surface area is 307 Å². The van der Waals surface area contributed by atoms with Crippen LogP contribution >= 0.6 is 0 Å². The Morgan fingerprint density at radius 1 is 0.906 bits per heavy atom. The highest BCUT2D eigenvalue weighted by molar-refractivity contribution is 5.92. The number of aromatic amines is 1. The number of aliphatic hydroxyl groups is 1. The van der Waals surface area contributed by atoms with E-state index in [1.807, 2.05) is 102 Å². The van der Waals surface area contributed by atoms with Gasteiger partial charge in [-0.15, -0.1) is 0 Å². The topological polar surface area (TPSA) is 147 Å². The molecule has 2 saturated heterocycles. The van der Waals surface area contributed by atoms with Crippen LogP contribution < -0.4 is 16.3 Å². The van der Waals surface area contributed by atoms with Crippen LogP contribution in [-0.4, -0.2) is 70.4 Å². The van der Waals surface area contributed by atoms with Crippen molar-refractivity contribution in [3.05, 3.63) is 136 Å². The summed E-state index contributed by atoms with van der Waals surface area (Å²) in [5.41, 5.74) is 5.66. The second kappa shape index (κ2) is 16.6. The number of urea groups is 1. The summed E-state index contributed by atoms with van der Waals surface area (Å²) in [5, 5.41) is 15.2. The number of anilines is 1. The molecule has 2 fully saturated rings. The molecule has 12 heteroatoms. The highest BCUT2D eigenvalue weighted by atomic mass is 16.7. The smallest absolute Gasteiger partial charge is 0.328 e. The average molecular weight is 720 g/mol. The lowest BCUT2D eigenvalue weighted by molar-refractivity contribution is -0.253. The molecule has 5 aromatic rings. The molecule has 0 saturated carbocycles. The number of fused-ring (bicyclic) bond motifs is 1. The highest BCUT2D eigenvalue weighted by Crippen LogP contribution is 2.39. The fourth-order valence-corrected chi connectivity index (χ4v) is 7.39. The third-order valence-electron chi connectivity index (χ3n) is 10.1. The van der Waals surface area contributed by atoms with Crippen LogP contribution in [0.1, 0.15) is 60.0 Å². The van der Waals surface area contributed by atoms with Gasteiger partial charge in [-0.1, -0.05) is 78.9 Å². The molecule has 4 N–H and O–H groups in total. The molecule has 53 heavy (non-hydrogen) atoms. The monoisotopic (exact) mass is 719 g/mol. The number of aliphatic hydroxyl groups excluding tert-OH is 1. The van der Waals surface area contributed by atoms with Crippen LogP contribution in [-0.2, 0) is 32.0 Å². The number of rotatable bonds is 11. The van der Waals surface area contributed by atoms with Crippen LogP contribution in [0.2, 0.25) is 0 Å². The number of para-hydroxylation sites is 2. The molecule has 0 spiro atoms. The van der Waals surface area contributed by atoms with E-state index in [-0.39, 0.29) is 37.0 Å². The molecule has 1 aromatic heterocycles. The van der Waals surface area contributed by atoms with Gasteiger partial charge >= 0.3 is 17.7 Å². The number of amides is 2. The Morgan fingerprint density at radius 2 is 1.66 bits per heavy atom. The van der Waals surface area contributed by atoms with Crippen molar-refractivity contribution < 1.29 is 28.9 Å². The summed E-state index contributed by atoms with van der Waals surface area (Å²) in [7, 11) is 1.30. The Morgan fingerprint density at radius 3 is 2.42 bits per heavy atom. The van der Waals surface area contributed by atoms with E-state index in [0.29, 0.717) is 18.7 Å². The van der Waals surface area contributed by atoms with Crippen molar-refractivity contribution in [3.63, 3.8) is 0 Å². The number of ether oxygens (including phenoxy) is 3. The molecule has 2 aliphatic rings. The van der Waals surface area contributed by atoms with Crippen molar-refractivity contribution in [2.24, 2.45) is 0 Å². The van der Waals surface area contributed by atoms with E-state index >= 15 is 0 Å². The van der Waals surface area contributed by atoms with E-state index in [1.165, 1.54) is 7.11 Å². The summed E-state index contributed by atoms with van der Waals surface area (Å²) < 4.78 is 20.1. The summed E-state index contributed by atoms with van der Waals surface area (Å²) in [5.74, 6) is -0.540. The van der Waals surface area contributed by atoms with E-state index < -0.39 is 24.3 Å². The van der Waals surface area contributed by atoms with Crippen molar-refractivity contribution >= 4 is 28.7 Å². The number of carbonyl (C=O) groups excluding carboxylic acids is 2. The number of hydrogen-bond donors (Lipinski definition) is 4. The summed E-state index contributed by atoms with van der Waals surface area (Å²) in [6.07, 6.45) is 1.45. The van der Waals surface area contributed by atoms with Gasteiger partial charge in [-0.3, -0.25) is 4.57 Å². The van der Waals surface area contributed by atoms with Crippen molar-refractivity contribution in [2.45, 2.75) is 62.9 Å². The van der Waals surface area contributed by atoms with E-state index in [1.54, 1.807) is 6.07 Å². The maximum absolute atomic E-state index is 13.1. The Kier molecular flexibility index (Phi) is 11.3. The van der Waals surface area contributed by atoms with E-state index in [2.05, 4.69) is 20.5 Å². The van der Waals surface area contributed by atoms with Gasteiger partial charge in [0.2, 0.25) is 0 Å². The maximum Gasteiger partial charge on any atom is 0.328 e. The zero-order valence-corrected chi connectivity index (χ0v) is 29.6. The number of nitrogens with zero attached hydrogens (tertiary/aromatic N) is 2. The number of carbonyl (C=O) groups is 2. The van der Waals surface area contributed by atoms with Crippen LogP contribution in [0, 0.1) is 0 Å². The first-order chi connectivity index (χ1) is 25.9. The van der Waals surface area contributed by atoms with Crippen molar-refractivity contribution in [1.82, 2.24) is 19.8 Å². The number of esters is 1. The standard InChI is InChI=1S/C41H45N5O7/c1-51-38(48)35(22-27-8-3-2-4-9-27)43-40(49)42-31-11-7-10-30(23-31)39-52-33(24-37(53-39)29-16-14-28(26-47)15-17-29)25-45-20-18-32(19-21-45)46-36-13-6-5-12-34(36)44-41(46)50/h2-17,23,32-33,35,37,39,47H,18-22,24-26H2,1H3,(H,44,50)(H2,42,43,49)/t33-,35+,37+,39+/m1/s1. The van der Waals surface area contributed by atoms with Gasteiger partial charge in [-0.25, -0.2) is 14.4 Å². The minimum Gasteiger partial charge on any atom is -0.467 e. The van der Waals surface area contributed by atoms with Gasteiger partial charge in [0.15, 0.2) is 6.29 Å². The first-order valence-corrected chi connectivity index (χ1v) is 18.1. The second-order valence-electron chi connectivity index (χ2n) is 13.7. The molecule has 276 valence electrons. The normalized spacial score (nSPS) is 20.2. The Hall–Kier alpha value is -5.27. The molecule has 3 heterocycles. The maximum atomic E-state index is 13.1. The molecule has 0 radical (unpaired) electrons. The number of nitrogens with one attached hydrogen (secondary N) is 3. The molecule has 2 amide bonds. The van der Waals surface area contributed by atoms with E-state index in [9.17, 15) is 19.5 Å². The molecule has 4 aromatic carbocycles. The largest absolute Gasteiger partial charge is 0.467 e. The molecule has 0 aliphatic carbocycles. The number of imidazole rings is 1. The lowest BCUT2D eigenvalue weighted by Crippen LogP contribution is -2.45.